The van der Waals surface area contributed by atoms with Gasteiger partial charge in [-0.25, -0.2) is 0 Å². The maximum Gasteiger partial charge on any atom is 0.256 e. The van der Waals surface area contributed by atoms with Crippen molar-refractivity contribution in [2.24, 2.45) is 0 Å². The number of hydrogen-bond acceptors (Lipinski definition) is 6. The summed E-state index contributed by atoms with van der Waals surface area (Å²) < 4.78 is 11.2. The Morgan fingerprint density at radius 3 is 2.71 bits per heavy atom. The van der Waals surface area contributed by atoms with Gasteiger partial charge in [0.2, 0.25) is 0 Å². The summed E-state index contributed by atoms with van der Waals surface area (Å²) in [4.78, 5) is 25.1. The number of nitrogens with one attached hydrogen (secondary N) is 2. The highest BCUT2D eigenvalue weighted by molar-refractivity contribution is 6.07. The van der Waals surface area contributed by atoms with Crippen molar-refractivity contribution in [1.82, 2.24) is 5.32 Å². The average molecular weight is 421 g/mol. The Bertz CT molecular complexity index is 1080. The predicted molar refractivity (Wildman–Crippen MR) is 115 cm³/mol. The number of anilines is 1. The fourth-order valence-corrected chi connectivity index (χ4v) is 4.79. The van der Waals surface area contributed by atoms with E-state index in [1.165, 1.54) is 0 Å². The van der Waals surface area contributed by atoms with Crippen LogP contribution in [0.4, 0.5) is 5.69 Å². The summed E-state index contributed by atoms with van der Waals surface area (Å²) in [6.07, 6.45) is 5.28. The Morgan fingerprint density at radius 2 is 2.00 bits per heavy atom. The average Bonchev–Trinajstić information content (AvgIpc) is 3.21. The van der Waals surface area contributed by atoms with Gasteiger partial charge in [0.25, 0.3) is 11.9 Å². The van der Waals surface area contributed by atoms with Crippen LogP contribution in [0.3, 0.4) is 0 Å². The number of benzene rings is 2. The van der Waals surface area contributed by atoms with Crippen LogP contribution < -0.4 is 20.1 Å². The van der Waals surface area contributed by atoms with Gasteiger partial charge in [0.15, 0.2) is 17.0 Å². The number of hydrogen-bond donors (Lipinski definition) is 2. The van der Waals surface area contributed by atoms with E-state index < -0.39 is 23.4 Å². The molecule has 4 rings (SSSR count). The molecule has 4 atom stereocenters. The van der Waals surface area contributed by atoms with Crippen LogP contribution in [0.2, 0.25) is 0 Å². The maximum absolute atomic E-state index is 13.1. The second-order valence-corrected chi connectivity index (χ2v) is 7.63. The first-order valence-corrected chi connectivity index (χ1v) is 10.1. The number of carbonyl (C=O) groups is 1. The third-order valence-corrected chi connectivity index (χ3v) is 5.93. The number of nitro groups is 1. The normalized spacial score (nSPS) is 26.2. The molecule has 31 heavy (non-hydrogen) atoms. The molecule has 8 nitrogen and oxygen atoms in total. The van der Waals surface area contributed by atoms with Crippen molar-refractivity contribution in [3.05, 3.63) is 63.7 Å². The molecule has 2 N–H and O–H groups in total. The lowest BCUT2D eigenvalue weighted by molar-refractivity contribution is -0.532. The summed E-state index contributed by atoms with van der Waals surface area (Å²) in [5.41, 5.74) is 0.421. The third-order valence-electron chi connectivity index (χ3n) is 5.93. The van der Waals surface area contributed by atoms with Crippen molar-refractivity contribution in [2.45, 2.75) is 37.4 Å². The monoisotopic (exact) mass is 421 g/mol. The number of para-hydroxylation sites is 1. The van der Waals surface area contributed by atoms with E-state index >= 15 is 0 Å². The first-order valence-electron chi connectivity index (χ1n) is 10.1. The van der Waals surface area contributed by atoms with Gasteiger partial charge in [-0.15, -0.1) is 6.42 Å². The minimum atomic E-state index is -1.45. The molecule has 0 bridgehead atoms. The van der Waals surface area contributed by atoms with Gasteiger partial charge in [0.1, 0.15) is 6.61 Å². The Hall–Kier alpha value is -3.57. The van der Waals surface area contributed by atoms with Crippen LogP contribution in [-0.2, 0) is 10.3 Å². The molecule has 2 aromatic carbocycles. The lowest BCUT2D eigenvalue weighted by Gasteiger charge is -2.25. The summed E-state index contributed by atoms with van der Waals surface area (Å²) in [7, 11) is 0. The summed E-state index contributed by atoms with van der Waals surface area (Å²) in [6.45, 7) is 4.17. The van der Waals surface area contributed by atoms with E-state index in [1.54, 1.807) is 42.5 Å². The molecular weight excluding hydrogens is 398 g/mol. The van der Waals surface area contributed by atoms with Gasteiger partial charge in [-0.3, -0.25) is 20.2 Å². The van der Waals surface area contributed by atoms with E-state index in [1.807, 2.05) is 13.8 Å². The smallest absolute Gasteiger partial charge is 0.256 e. The summed E-state index contributed by atoms with van der Waals surface area (Å²) in [6, 6.07) is 10.7. The first kappa shape index (κ1) is 20.7. The first-order chi connectivity index (χ1) is 14.9. The van der Waals surface area contributed by atoms with Crippen LogP contribution in [0.15, 0.2) is 42.5 Å². The van der Waals surface area contributed by atoms with Crippen molar-refractivity contribution < 1.29 is 19.2 Å². The number of terminal acetylenes is 1. The molecule has 2 aromatic rings. The molecule has 0 saturated carbocycles. The number of rotatable bonds is 6. The molecule has 0 unspecified atom stereocenters. The zero-order valence-electron chi connectivity index (χ0n) is 17.3. The van der Waals surface area contributed by atoms with Gasteiger partial charge in [0.05, 0.1) is 12.5 Å². The highest BCUT2D eigenvalue weighted by Crippen LogP contribution is 2.50. The van der Waals surface area contributed by atoms with Gasteiger partial charge in [0, 0.05) is 22.2 Å². The fraction of sp³-hybridized carbons (Fsp3) is 0.348. The fourth-order valence-electron chi connectivity index (χ4n) is 4.79. The highest BCUT2D eigenvalue weighted by Gasteiger charge is 2.67. The second kappa shape index (κ2) is 7.93. The molecule has 160 valence electrons. The number of fused-ring (bicyclic) bond motifs is 2. The molecule has 0 radical (unpaired) electrons. The zero-order valence-corrected chi connectivity index (χ0v) is 17.3. The van der Waals surface area contributed by atoms with Gasteiger partial charge in [-0.05, 0) is 37.6 Å². The van der Waals surface area contributed by atoms with Crippen molar-refractivity contribution in [3.8, 4) is 23.8 Å². The van der Waals surface area contributed by atoms with Crippen LogP contribution >= 0.6 is 0 Å². The molecule has 2 aliphatic rings. The standard InChI is InChI=1S/C23H23N3O5/c1-4-12-31-18-11-10-15(13-19(18)30-5-2)20-14(3)25-23(21(20)26(28)29)16-8-6-7-9-17(16)24-22(23)27/h1,6-11,13-14,20-21,25H,5,12H2,2-3H3,(H,24,27)/t14-,20-,21-,23+/m0/s1. The highest BCUT2D eigenvalue weighted by atomic mass is 16.6. The molecule has 1 amide bonds. The van der Waals surface area contributed by atoms with Crippen molar-refractivity contribution >= 4 is 11.6 Å². The SMILES string of the molecule is C#CCOc1ccc([C@@H]2[C@H](C)N[C@@]3(C(=O)Nc4ccccc43)[C@H]2[N+](=O)[O-])cc1OCC. The van der Waals surface area contributed by atoms with E-state index in [-0.39, 0.29) is 17.6 Å². The largest absolute Gasteiger partial charge is 0.490 e. The maximum atomic E-state index is 13.1. The van der Waals surface area contributed by atoms with Crippen LogP contribution in [0.1, 0.15) is 30.9 Å². The van der Waals surface area contributed by atoms with Crippen molar-refractivity contribution in [3.63, 3.8) is 0 Å². The van der Waals surface area contributed by atoms with Gasteiger partial charge < -0.3 is 14.8 Å². The molecule has 1 saturated heterocycles. The minimum Gasteiger partial charge on any atom is -0.490 e. The molecule has 8 heteroatoms. The van der Waals surface area contributed by atoms with Crippen molar-refractivity contribution in [1.29, 1.82) is 0 Å². The lowest BCUT2D eigenvalue weighted by atomic mass is 9.78. The molecule has 1 spiro atoms. The molecule has 2 aliphatic heterocycles. The van der Waals surface area contributed by atoms with E-state index in [2.05, 4.69) is 16.6 Å². The summed E-state index contributed by atoms with van der Waals surface area (Å²) >= 11 is 0. The Morgan fingerprint density at radius 1 is 1.23 bits per heavy atom. The van der Waals surface area contributed by atoms with E-state index in [4.69, 9.17) is 15.9 Å². The Labute approximate surface area is 180 Å². The quantitative estimate of drug-likeness (QED) is 0.422. The van der Waals surface area contributed by atoms with Crippen LogP contribution in [0.25, 0.3) is 0 Å². The molecule has 0 aliphatic carbocycles. The Kier molecular flexibility index (Phi) is 5.29. The van der Waals surface area contributed by atoms with Crippen LogP contribution in [-0.4, -0.2) is 36.1 Å². The molecule has 2 heterocycles. The molecule has 0 aromatic heterocycles. The third kappa shape index (κ3) is 3.18. The van der Waals surface area contributed by atoms with Gasteiger partial charge in [-0.2, -0.15) is 0 Å². The molecular formula is C23H23N3O5. The minimum absolute atomic E-state index is 0.0817. The summed E-state index contributed by atoms with van der Waals surface area (Å²) in [5.74, 6) is 2.35. The number of ether oxygens (including phenoxy) is 2. The zero-order chi connectivity index (χ0) is 22.2. The number of amides is 1. The Balaban J connectivity index is 1.81. The molecule has 1 fully saturated rings. The van der Waals surface area contributed by atoms with Crippen molar-refractivity contribution in [2.75, 3.05) is 18.5 Å². The van der Waals surface area contributed by atoms with Gasteiger partial charge in [-0.1, -0.05) is 30.2 Å². The van der Waals surface area contributed by atoms with Gasteiger partial charge >= 0.3 is 0 Å². The lowest BCUT2D eigenvalue weighted by Crippen LogP contribution is -2.54. The second-order valence-electron chi connectivity index (χ2n) is 7.63. The number of nitrogens with zero attached hydrogens (tertiary/aromatic N) is 1. The predicted octanol–water partition coefficient (Wildman–Crippen LogP) is 2.67. The van der Waals surface area contributed by atoms with E-state index in [0.717, 1.165) is 0 Å². The van der Waals surface area contributed by atoms with Crippen LogP contribution in [0, 0.1) is 22.5 Å². The summed E-state index contributed by atoms with van der Waals surface area (Å²) in [5, 5.41) is 18.4. The van der Waals surface area contributed by atoms with Crippen LogP contribution in [0.5, 0.6) is 11.5 Å². The number of carbonyl (C=O) groups excluding carboxylic acids is 1. The van der Waals surface area contributed by atoms with E-state index in [9.17, 15) is 14.9 Å². The topological polar surface area (TPSA) is 103 Å². The van der Waals surface area contributed by atoms with E-state index in [0.29, 0.717) is 34.9 Å².